The first-order valence-corrected chi connectivity index (χ1v) is 5.35. The lowest BCUT2D eigenvalue weighted by Crippen LogP contribution is -1.95. The summed E-state index contributed by atoms with van der Waals surface area (Å²) in [4.78, 5) is 0. The van der Waals surface area contributed by atoms with Gasteiger partial charge in [-0.2, -0.15) is 5.26 Å². The topological polar surface area (TPSA) is 59.0 Å². The second-order valence-electron chi connectivity index (χ2n) is 3.80. The van der Waals surface area contributed by atoms with Gasteiger partial charge in [0, 0.05) is 11.3 Å². The average Bonchev–Trinajstić information content (AvgIpc) is 2.35. The predicted molar refractivity (Wildman–Crippen MR) is 66.8 cm³/mol. The maximum Gasteiger partial charge on any atom is 0.148 e. The summed E-state index contributed by atoms with van der Waals surface area (Å²) in [6.45, 7) is 1.80. The molecule has 0 aliphatic carbocycles. The van der Waals surface area contributed by atoms with Crippen molar-refractivity contribution in [3.05, 3.63) is 53.3 Å². The monoisotopic (exact) mass is 242 g/mol. The van der Waals surface area contributed by atoms with Gasteiger partial charge in [-0.25, -0.2) is 4.39 Å². The van der Waals surface area contributed by atoms with E-state index in [1.54, 1.807) is 37.3 Å². The van der Waals surface area contributed by atoms with Gasteiger partial charge in [0.25, 0.3) is 0 Å². The highest BCUT2D eigenvalue weighted by molar-refractivity contribution is 5.55. The summed E-state index contributed by atoms with van der Waals surface area (Å²) in [6.07, 6.45) is 0. The Labute approximate surface area is 104 Å². The Hall–Kier alpha value is -2.54. The molecule has 0 saturated carbocycles. The molecule has 0 unspecified atom stereocenters. The van der Waals surface area contributed by atoms with Crippen molar-refractivity contribution in [2.24, 2.45) is 0 Å². The van der Waals surface area contributed by atoms with Gasteiger partial charge in [0.1, 0.15) is 28.9 Å². The third-order valence-corrected chi connectivity index (χ3v) is 2.63. The van der Waals surface area contributed by atoms with Crippen LogP contribution in [0.25, 0.3) is 0 Å². The molecule has 0 heterocycles. The third-order valence-electron chi connectivity index (χ3n) is 2.63. The highest BCUT2D eigenvalue weighted by Crippen LogP contribution is 2.30. The summed E-state index contributed by atoms with van der Waals surface area (Å²) >= 11 is 0. The van der Waals surface area contributed by atoms with Crippen LogP contribution in [0.1, 0.15) is 11.1 Å². The number of hydrogen-bond donors (Lipinski definition) is 1. The van der Waals surface area contributed by atoms with E-state index in [9.17, 15) is 4.39 Å². The molecule has 0 saturated heterocycles. The van der Waals surface area contributed by atoms with Gasteiger partial charge in [0.15, 0.2) is 0 Å². The zero-order valence-corrected chi connectivity index (χ0v) is 9.77. The van der Waals surface area contributed by atoms with E-state index in [-0.39, 0.29) is 11.3 Å². The molecule has 2 aromatic carbocycles. The van der Waals surface area contributed by atoms with Crippen molar-refractivity contribution in [1.82, 2.24) is 0 Å². The van der Waals surface area contributed by atoms with Crippen LogP contribution in [0.5, 0.6) is 11.5 Å². The molecule has 0 amide bonds. The second-order valence-corrected chi connectivity index (χ2v) is 3.80. The Kier molecular flexibility index (Phi) is 3.16. The largest absolute Gasteiger partial charge is 0.456 e. The van der Waals surface area contributed by atoms with E-state index in [0.29, 0.717) is 11.4 Å². The summed E-state index contributed by atoms with van der Waals surface area (Å²) in [6, 6.07) is 11.3. The van der Waals surface area contributed by atoms with E-state index >= 15 is 0 Å². The molecule has 0 radical (unpaired) electrons. The number of ether oxygens (including phenoxy) is 1. The Morgan fingerprint density at radius 1 is 1.17 bits per heavy atom. The molecular formula is C14H11FN2O. The fraction of sp³-hybridized carbons (Fsp3) is 0.0714. The van der Waals surface area contributed by atoms with Crippen molar-refractivity contribution in [2.75, 3.05) is 5.73 Å². The second kappa shape index (κ2) is 4.76. The van der Waals surface area contributed by atoms with Crippen LogP contribution in [0.15, 0.2) is 36.4 Å². The molecule has 0 aromatic heterocycles. The van der Waals surface area contributed by atoms with Crippen molar-refractivity contribution in [2.45, 2.75) is 6.92 Å². The molecule has 0 bridgehead atoms. The lowest BCUT2D eigenvalue weighted by Gasteiger charge is -2.11. The lowest BCUT2D eigenvalue weighted by atomic mass is 10.1. The normalized spacial score (nSPS) is 9.83. The number of nitrogen functional groups attached to an aromatic ring is 1. The van der Waals surface area contributed by atoms with Crippen LogP contribution in [0.4, 0.5) is 10.1 Å². The first kappa shape index (κ1) is 11.9. The van der Waals surface area contributed by atoms with E-state index in [2.05, 4.69) is 0 Å². The summed E-state index contributed by atoms with van der Waals surface area (Å²) in [5.41, 5.74) is 6.98. The number of nitriles is 1. The summed E-state index contributed by atoms with van der Waals surface area (Å²) in [5, 5.41) is 8.91. The first-order valence-electron chi connectivity index (χ1n) is 5.35. The van der Waals surface area contributed by atoms with Crippen molar-refractivity contribution >= 4 is 5.69 Å². The van der Waals surface area contributed by atoms with Gasteiger partial charge in [0.2, 0.25) is 0 Å². The van der Waals surface area contributed by atoms with Crippen LogP contribution < -0.4 is 10.5 Å². The van der Waals surface area contributed by atoms with E-state index in [1.807, 2.05) is 0 Å². The predicted octanol–water partition coefficient (Wildman–Crippen LogP) is 3.38. The van der Waals surface area contributed by atoms with Gasteiger partial charge < -0.3 is 10.5 Å². The number of hydrogen-bond acceptors (Lipinski definition) is 3. The van der Waals surface area contributed by atoms with Gasteiger partial charge in [0.05, 0.1) is 0 Å². The molecular weight excluding hydrogens is 231 g/mol. The summed E-state index contributed by atoms with van der Waals surface area (Å²) in [5.74, 6) is 0.0971. The fourth-order valence-corrected chi connectivity index (χ4v) is 1.56. The van der Waals surface area contributed by atoms with Crippen molar-refractivity contribution < 1.29 is 9.13 Å². The minimum atomic E-state index is -0.600. The minimum absolute atomic E-state index is 0.112. The van der Waals surface area contributed by atoms with Gasteiger partial charge in [-0.3, -0.25) is 0 Å². The molecule has 90 valence electrons. The highest BCUT2D eigenvalue weighted by Gasteiger charge is 2.11. The third kappa shape index (κ3) is 2.11. The zero-order valence-electron chi connectivity index (χ0n) is 9.77. The van der Waals surface area contributed by atoms with Gasteiger partial charge >= 0.3 is 0 Å². The Bertz CT molecular complexity index is 632. The van der Waals surface area contributed by atoms with Crippen molar-refractivity contribution in [3.8, 4) is 17.6 Å². The van der Waals surface area contributed by atoms with E-state index in [4.69, 9.17) is 15.7 Å². The average molecular weight is 242 g/mol. The lowest BCUT2D eigenvalue weighted by molar-refractivity contribution is 0.471. The molecule has 3 nitrogen and oxygen atoms in total. The number of nitrogens with two attached hydrogens (primary N) is 1. The van der Waals surface area contributed by atoms with Crippen LogP contribution in [0.3, 0.4) is 0 Å². The molecule has 2 N–H and O–H groups in total. The number of benzene rings is 2. The maximum absolute atomic E-state index is 13.4. The van der Waals surface area contributed by atoms with Crippen LogP contribution in [0, 0.1) is 24.1 Å². The number of anilines is 1. The first-order chi connectivity index (χ1) is 8.63. The number of halogens is 1. The van der Waals surface area contributed by atoms with E-state index in [1.165, 1.54) is 12.1 Å². The van der Waals surface area contributed by atoms with Gasteiger partial charge in [-0.1, -0.05) is 12.1 Å². The molecule has 0 spiro atoms. The highest BCUT2D eigenvalue weighted by atomic mass is 19.1. The molecule has 0 aliphatic heterocycles. The molecule has 0 atom stereocenters. The zero-order chi connectivity index (χ0) is 13.1. The van der Waals surface area contributed by atoms with Crippen LogP contribution in [0.2, 0.25) is 0 Å². The van der Waals surface area contributed by atoms with Crippen molar-refractivity contribution in [1.29, 1.82) is 5.26 Å². The number of nitrogens with zero attached hydrogens (tertiary/aromatic N) is 1. The van der Waals surface area contributed by atoms with Crippen LogP contribution in [-0.4, -0.2) is 0 Å². The number of rotatable bonds is 2. The Morgan fingerprint density at radius 3 is 2.56 bits per heavy atom. The Morgan fingerprint density at radius 2 is 1.83 bits per heavy atom. The minimum Gasteiger partial charge on any atom is -0.456 e. The quantitative estimate of drug-likeness (QED) is 0.821. The molecule has 2 rings (SSSR count). The molecule has 18 heavy (non-hydrogen) atoms. The van der Waals surface area contributed by atoms with Gasteiger partial charge in [-0.15, -0.1) is 0 Å². The smallest absolute Gasteiger partial charge is 0.148 e. The summed E-state index contributed by atoms with van der Waals surface area (Å²) in [7, 11) is 0. The van der Waals surface area contributed by atoms with E-state index in [0.717, 1.165) is 5.56 Å². The molecule has 2 aromatic rings. The SMILES string of the molecule is Cc1c(N)cccc1Oc1cccc(F)c1C#N. The molecule has 0 fully saturated rings. The fourth-order valence-electron chi connectivity index (χ4n) is 1.56. The van der Waals surface area contributed by atoms with Crippen molar-refractivity contribution in [3.63, 3.8) is 0 Å². The Balaban J connectivity index is 2.44. The van der Waals surface area contributed by atoms with E-state index < -0.39 is 5.82 Å². The molecule has 0 aliphatic rings. The van der Waals surface area contributed by atoms with Crippen LogP contribution in [-0.2, 0) is 0 Å². The summed E-state index contributed by atoms with van der Waals surface area (Å²) < 4.78 is 19.0. The van der Waals surface area contributed by atoms with Gasteiger partial charge in [-0.05, 0) is 31.2 Å². The standard InChI is InChI=1S/C14H11FN2O/c1-9-12(17)5-3-6-13(9)18-14-7-2-4-11(15)10(14)8-16/h2-7H,17H2,1H3. The molecule has 4 heteroatoms. The van der Waals surface area contributed by atoms with Crippen LogP contribution >= 0.6 is 0 Å². The maximum atomic E-state index is 13.4.